The molecule has 1 atom stereocenters. The van der Waals surface area contributed by atoms with Crippen LogP contribution in [0.5, 0.6) is 0 Å². The zero-order chi connectivity index (χ0) is 26.8. The highest BCUT2D eigenvalue weighted by atomic mass is 35.5. The normalized spacial score (nSPS) is 15.4. The lowest BCUT2D eigenvalue weighted by molar-refractivity contribution is -0.127. The number of anilines is 1. The third-order valence-electron chi connectivity index (χ3n) is 6.88. The van der Waals surface area contributed by atoms with Gasteiger partial charge in [0, 0.05) is 25.2 Å². The van der Waals surface area contributed by atoms with Crippen LogP contribution in [-0.4, -0.2) is 49.6 Å². The number of nitrogens with two attached hydrogens (primary N) is 1. The number of carbonyl (C=O) groups is 2. The van der Waals surface area contributed by atoms with Crippen molar-refractivity contribution >= 4 is 40.3 Å². The molecule has 4 aromatic rings. The van der Waals surface area contributed by atoms with E-state index >= 15 is 0 Å². The summed E-state index contributed by atoms with van der Waals surface area (Å²) in [6, 6.07) is 13.1. The van der Waals surface area contributed by atoms with Crippen LogP contribution in [0.15, 0.2) is 61.4 Å². The van der Waals surface area contributed by atoms with Gasteiger partial charge in [0.2, 0.25) is 5.91 Å². The Morgan fingerprint density at radius 3 is 2.74 bits per heavy atom. The number of nitrogen functional groups attached to an aromatic ring is 1. The van der Waals surface area contributed by atoms with Crippen molar-refractivity contribution < 1.29 is 9.59 Å². The van der Waals surface area contributed by atoms with Crippen LogP contribution < -0.4 is 11.1 Å². The van der Waals surface area contributed by atoms with Gasteiger partial charge in [0.25, 0.3) is 5.91 Å². The van der Waals surface area contributed by atoms with E-state index in [1.165, 1.54) is 12.4 Å². The van der Waals surface area contributed by atoms with Crippen molar-refractivity contribution in [3.63, 3.8) is 0 Å². The molecule has 2 amide bonds. The molecule has 2 aromatic carbocycles. The Hall–Kier alpha value is -4.24. The smallest absolute Gasteiger partial charge is 0.253 e. The summed E-state index contributed by atoms with van der Waals surface area (Å²) in [6.45, 7) is 7.03. The van der Waals surface area contributed by atoms with E-state index in [0.717, 1.165) is 29.5 Å². The van der Waals surface area contributed by atoms with E-state index in [4.69, 9.17) is 22.4 Å². The monoisotopic (exact) mass is 529 g/mol. The van der Waals surface area contributed by atoms with Gasteiger partial charge in [-0.2, -0.15) is 5.10 Å². The van der Waals surface area contributed by atoms with Crippen LogP contribution >= 0.6 is 11.6 Å². The molecule has 3 N–H and O–H groups in total. The van der Waals surface area contributed by atoms with Crippen LogP contribution in [0.3, 0.4) is 0 Å². The van der Waals surface area contributed by atoms with Crippen molar-refractivity contribution in [3.05, 3.63) is 83.2 Å². The molecule has 0 aliphatic carbocycles. The third kappa shape index (κ3) is 4.84. The van der Waals surface area contributed by atoms with Gasteiger partial charge in [-0.3, -0.25) is 9.59 Å². The Balaban J connectivity index is 1.40. The van der Waals surface area contributed by atoms with E-state index in [9.17, 15) is 9.59 Å². The van der Waals surface area contributed by atoms with E-state index in [1.807, 2.05) is 48.0 Å². The first-order valence-electron chi connectivity index (χ1n) is 12.4. The molecule has 0 radical (unpaired) electrons. The molecule has 1 saturated heterocycles. The summed E-state index contributed by atoms with van der Waals surface area (Å²) >= 11 is 6.23. The summed E-state index contributed by atoms with van der Waals surface area (Å²) in [5.74, 6) is 0.0359. The van der Waals surface area contributed by atoms with Gasteiger partial charge in [0.1, 0.15) is 17.8 Å². The molecule has 1 unspecified atom stereocenters. The van der Waals surface area contributed by atoms with Gasteiger partial charge in [-0.15, -0.1) is 0 Å². The second-order valence-electron chi connectivity index (χ2n) is 9.35. The first-order chi connectivity index (χ1) is 18.4. The highest BCUT2D eigenvalue weighted by Gasteiger charge is 2.28. The summed E-state index contributed by atoms with van der Waals surface area (Å²) in [7, 11) is 0. The maximum Gasteiger partial charge on any atom is 0.253 e. The van der Waals surface area contributed by atoms with E-state index in [-0.39, 0.29) is 17.9 Å². The Bertz CT molecular complexity index is 1510. The Kier molecular flexibility index (Phi) is 7.11. The number of halogens is 1. The lowest BCUT2D eigenvalue weighted by Crippen LogP contribution is -2.40. The van der Waals surface area contributed by atoms with Gasteiger partial charge < -0.3 is 16.0 Å². The quantitative estimate of drug-likeness (QED) is 0.359. The summed E-state index contributed by atoms with van der Waals surface area (Å²) in [5.41, 5.74) is 10.7. The van der Waals surface area contributed by atoms with E-state index in [0.29, 0.717) is 52.8 Å². The fraction of sp³-hybridized carbons (Fsp3) is 0.250. The van der Waals surface area contributed by atoms with Crippen LogP contribution in [0.2, 0.25) is 5.02 Å². The molecule has 9 nitrogen and oxygen atoms in total. The van der Waals surface area contributed by atoms with E-state index < -0.39 is 0 Å². The summed E-state index contributed by atoms with van der Waals surface area (Å²) in [5, 5.41) is 8.95. The van der Waals surface area contributed by atoms with Crippen molar-refractivity contribution in [1.82, 2.24) is 30.0 Å². The number of amides is 2. The molecule has 1 fully saturated rings. The van der Waals surface area contributed by atoms with Crippen LogP contribution in [0.4, 0.5) is 5.82 Å². The standard InChI is InChI=1S/C28H28ClN7O2/c1-3-22(37)35-13-5-7-20(15-35)36-27-24(26(30)32-16-33-27)25(34-36)19-11-9-18(10-12-19)14-31-28(38)23-17(2)6-4-8-21(23)29/h3-4,6,8-12,16,20H,1,5,7,13-15H2,2H3,(H,31,38)(H2,30,32,33). The number of aryl methyl sites for hydroxylation is 1. The van der Waals surface area contributed by atoms with Gasteiger partial charge in [0.05, 0.1) is 22.0 Å². The largest absolute Gasteiger partial charge is 0.383 e. The molecular weight excluding hydrogens is 502 g/mol. The second-order valence-corrected chi connectivity index (χ2v) is 9.75. The fourth-order valence-corrected chi connectivity index (χ4v) is 5.21. The van der Waals surface area contributed by atoms with Crippen molar-refractivity contribution in [2.75, 3.05) is 18.8 Å². The molecule has 10 heteroatoms. The second kappa shape index (κ2) is 10.6. The molecule has 2 aromatic heterocycles. The molecule has 1 aliphatic rings. The number of rotatable bonds is 6. The van der Waals surface area contributed by atoms with Crippen molar-refractivity contribution in [2.24, 2.45) is 0 Å². The SMILES string of the molecule is C=CC(=O)N1CCCC(n2nc(-c3ccc(CNC(=O)c4c(C)cccc4Cl)cc3)c3c(N)ncnc32)C1. The topological polar surface area (TPSA) is 119 Å². The Morgan fingerprint density at radius 2 is 2.00 bits per heavy atom. The fourth-order valence-electron chi connectivity index (χ4n) is 4.91. The number of aromatic nitrogens is 4. The minimum atomic E-state index is -0.219. The predicted molar refractivity (Wildman–Crippen MR) is 148 cm³/mol. The number of likely N-dealkylation sites (tertiary alicyclic amines) is 1. The Labute approximate surface area is 225 Å². The van der Waals surface area contributed by atoms with Crippen LogP contribution in [0, 0.1) is 6.92 Å². The van der Waals surface area contributed by atoms with Crippen molar-refractivity contribution in [2.45, 2.75) is 32.4 Å². The molecule has 3 heterocycles. The third-order valence-corrected chi connectivity index (χ3v) is 7.19. The number of benzene rings is 2. The average Bonchev–Trinajstić information content (AvgIpc) is 3.33. The highest BCUT2D eigenvalue weighted by molar-refractivity contribution is 6.34. The van der Waals surface area contributed by atoms with Gasteiger partial charge in [-0.25, -0.2) is 14.6 Å². The number of nitrogens with one attached hydrogen (secondary N) is 1. The number of hydrogen-bond acceptors (Lipinski definition) is 6. The summed E-state index contributed by atoms with van der Waals surface area (Å²) < 4.78 is 1.87. The molecular formula is C28H28ClN7O2. The van der Waals surface area contributed by atoms with Gasteiger partial charge in [-0.1, -0.05) is 54.6 Å². The maximum absolute atomic E-state index is 12.7. The molecule has 0 saturated carbocycles. The summed E-state index contributed by atoms with van der Waals surface area (Å²) in [6.07, 6.45) is 4.50. The molecule has 5 rings (SSSR count). The van der Waals surface area contributed by atoms with Crippen LogP contribution in [0.25, 0.3) is 22.3 Å². The highest BCUT2D eigenvalue weighted by Crippen LogP contribution is 2.34. The van der Waals surface area contributed by atoms with Crippen molar-refractivity contribution in [1.29, 1.82) is 0 Å². The molecule has 194 valence electrons. The van der Waals surface area contributed by atoms with Crippen molar-refractivity contribution in [3.8, 4) is 11.3 Å². The minimum absolute atomic E-state index is 0.0408. The molecule has 0 bridgehead atoms. The van der Waals surface area contributed by atoms with Crippen LogP contribution in [0.1, 0.15) is 40.4 Å². The number of nitrogens with zero attached hydrogens (tertiary/aromatic N) is 5. The minimum Gasteiger partial charge on any atom is -0.383 e. The van der Waals surface area contributed by atoms with Crippen LogP contribution in [-0.2, 0) is 11.3 Å². The van der Waals surface area contributed by atoms with Gasteiger partial charge in [0.15, 0.2) is 5.65 Å². The zero-order valence-corrected chi connectivity index (χ0v) is 21.8. The first-order valence-corrected chi connectivity index (χ1v) is 12.8. The predicted octanol–water partition coefficient (Wildman–Crippen LogP) is 4.32. The first kappa shape index (κ1) is 25.4. The van der Waals surface area contributed by atoms with Gasteiger partial charge in [-0.05, 0) is 43.0 Å². The number of hydrogen-bond donors (Lipinski definition) is 2. The zero-order valence-electron chi connectivity index (χ0n) is 21.0. The number of fused-ring (bicyclic) bond motifs is 1. The molecule has 0 spiro atoms. The maximum atomic E-state index is 12.7. The molecule has 38 heavy (non-hydrogen) atoms. The lowest BCUT2D eigenvalue weighted by Gasteiger charge is -2.32. The van der Waals surface area contributed by atoms with E-state index in [1.54, 1.807) is 11.0 Å². The number of carbonyl (C=O) groups excluding carboxylic acids is 2. The van der Waals surface area contributed by atoms with E-state index in [2.05, 4.69) is 21.9 Å². The number of piperidine rings is 1. The lowest BCUT2D eigenvalue weighted by atomic mass is 10.1. The molecule has 1 aliphatic heterocycles. The Morgan fingerprint density at radius 1 is 1.21 bits per heavy atom. The average molecular weight is 530 g/mol. The summed E-state index contributed by atoms with van der Waals surface area (Å²) in [4.78, 5) is 35.4. The van der Waals surface area contributed by atoms with Gasteiger partial charge >= 0.3 is 0 Å².